The second kappa shape index (κ2) is 4.50. The summed E-state index contributed by atoms with van der Waals surface area (Å²) in [5, 5.41) is 0. The Morgan fingerprint density at radius 2 is 1.94 bits per heavy atom. The summed E-state index contributed by atoms with van der Waals surface area (Å²) >= 11 is 0. The van der Waals surface area contributed by atoms with Crippen LogP contribution < -0.4 is 0 Å². The van der Waals surface area contributed by atoms with E-state index in [9.17, 15) is 13.2 Å². The molecule has 0 bridgehead atoms. The number of nitrogens with zero attached hydrogens (tertiary/aromatic N) is 2. The molecule has 5 nitrogen and oxygen atoms in total. The van der Waals surface area contributed by atoms with Gasteiger partial charge in [-0.2, -0.15) is 0 Å². The van der Waals surface area contributed by atoms with E-state index < -0.39 is 21.5 Å². The minimum atomic E-state index is -3.58. The molecule has 0 spiro atoms. The molecule has 0 fully saturated rings. The van der Waals surface area contributed by atoms with Gasteiger partial charge in [-0.3, -0.25) is 9.36 Å². The first kappa shape index (κ1) is 11.5. The Hall–Kier alpha value is -1.95. The molecule has 0 atom stereocenters. The third-order valence-electron chi connectivity index (χ3n) is 2.21. The maximum absolute atomic E-state index is 11.9. The van der Waals surface area contributed by atoms with Gasteiger partial charge in [0.05, 0.1) is 4.90 Å². The third kappa shape index (κ3) is 2.59. The molecule has 0 aliphatic rings. The van der Waals surface area contributed by atoms with E-state index in [1.54, 1.807) is 18.2 Å². The molecule has 1 aromatic heterocycles. The van der Waals surface area contributed by atoms with Crippen molar-refractivity contribution in [2.24, 2.45) is 0 Å². The lowest BCUT2D eigenvalue weighted by Crippen LogP contribution is -2.21. The van der Waals surface area contributed by atoms with Gasteiger partial charge in [-0.15, -0.1) is 0 Å². The van der Waals surface area contributed by atoms with Crippen molar-refractivity contribution in [1.82, 2.24) is 9.55 Å². The number of hydrogen-bond donors (Lipinski definition) is 0. The van der Waals surface area contributed by atoms with Gasteiger partial charge in [0.1, 0.15) is 12.1 Å². The van der Waals surface area contributed by atoms with Gasteiger partial charge in [-0.25, -0.2) is 13.4 Å². The molecule has 0 saturated heterocycles. The van der Waals surface area contributed by atoms with Crippen LogP contribution in [0.1, 0.15) is 4.79 Å². The van der Waals surface area contributed by atoms with Crippen LogP contribution in [0.15, 0.2) is 53.9 Å². The Morgan fingerprint density at radius 1 is 1.24 bits per heavy atom. The number of benzene rings is 1. The van der Waals surface area contributed by atoms with Crippen molar-refractivity contribution in [2.45, 2.75) is 4.90 Å². The number of sulfone groups is 1. The smallest absolute Gasteiger partial charge is 0.247 e. The Labute approximate surface area is 98.6 Å². The van der Waals surface area contributed by atoms with Crippen molar-refractivity contribution < 1.29 is 13.2 Å². The Balaban J connectivity index is 2.22. The third-order valence-corrected chi connectivity index (χ3v) is 3.83. The second-order valence-electron chi connectivity index (χ2n) is 3.44. The summed E-state index contributed by atoms with van der Waals surface area (Å²) in [7, 11) is -3.58. The summed E-state index contributed by atoms with van der Waals surface area (Å²) < 4.78 is 24.9. The number of carbonyl (C=O) groups is 1. The molecular formula is C11H10N2O3S. The molecule has 0 N–H and O–H groups in total. The van der Waals surface area contributed by atoms with Gasteiger partial charge in [-0.05, 0) is 12.1 Å². The summed E-state index contributed by atoms with van der Waals surface area (Å²) in [6.07, 6.45) is 4.12. The minimum absolute atomic E-state index is 0.147. The van der Waals surface area contributed by atoms with Gasteiger partial charge in [-0.1, -0.05) is 18.2 Å². The van der Waals surface area contributed by atoms with Gasteiger partial charge in [0.2, 0.25) is 5.91 Å². The highest BCUT2D eigenvalue weighted by molar-refractivity contribution is 7.92. The van der Waals surface area contributed by atoms with E-state index in [-0.39, 0.29) is 4.90 Å². The highest BCUT2D eigenvalue weighted by Gasteiger charge is 2.19. The van der Waals surface area contributed by atoms with Crippen LogP contribution in [0.2, 0.25) is 0 Å². The van der Waals surface area contributed by atoms with Crippen molar-refractivity contribution in [2.75, 3.05) is 5.75 Å². The predicted octanol–water partition coefficient (Wildman–Crippen LogP) is 0.997. The Bertz CT molecular complexity index is 603. The van der Waals surface area contributed by atoms with Crippen LogP contribution in [0.5, 0.6) is 0 Å². The molecular weight excluding hydrogens is 240 g/mol. The van der Waals surface area contributed by atoms with Crippen LogP contribution >= 0.6 is 0 Å². The van der Waals surface area contributed by atoms with Crippen LogP contribution in [0.4, 0.5) is 0 Å². The molecule has 17 heavy (non-hydrogen) atoms. The van der Waals surface area contributed by atoms with E-state index >= 15 is 0 Å². The lowest BCUT2D eigenvalue weighted by Gasteiger charge is -2.03. The van der Waals surface area contributed by atoms with Crippen LogP contribution in [-0.4, -0.2) is 29.6 Å². The standard InChI is InChI=1S/C11H10N2O3S/c14-11(13-7-6-12-9-13)8-17(15,16)10-4-2-1-3-5-10/h1-7,9H,8H2. The van der Waals surface area contributed by atoms with E-state index in [0.29, 0.717) is 0 Å². The number of imidazole rings is 1. The maximum Gasteiger partial charge on any atom is 0.247 e. The van der Waals surface area contributed by atoms with E-state index in [4.69, 9.17) is 0 Å². The molecule has 0 amide bonds. The Morgan fingerprint density at radius 3 is 2.53 bits per heavy atom. The fourth-order valence-electron chi connectivity index (χ4n) is 1.35. The van der Waals surface area contributed by atoms with Crippen molar-refractivity contribution >= 4 is 15.7 Å². The first-order valence-electron chi connectivity index (χ1n) is 4.88. The molecule has 0 aliphatic carbocycles. The normalized spacial score (nSPS) is 11.3. The zero-order chi connectivity index (χ0) is 12.3. The lowest BCUT2D eigenvalue weighted by molar-refractivity contribution is 0.0940. The lowest BCUT2D eigenvalue weighted by atomic mass is 10.4. The van der Waals surface area contributed by atoms with Gasteiger partial charge in [0.15, 0.2) is 9.84 Å². The van der Waals surface area contributed by atoms with E-state index in [2.05, 4.69) is 4.98 Å². The van der Waals surface area contributed by atoms with Crippen LogP contribution in [0.25, 0.3) is 0 Å². The first-order chi connectivity index (χ1) is 8.09. The van der Waals surface area contributed by atoms with Gasteiger partial charge in [0.25, 0.3) is 0 Å². The van der Waals surface area contributed by atoms with E-state index in [1.165, 1.54) is 30.9 Å². The number of carbonyl (C=O) groups excluding carboxylic acids is 1. The molecule has 2 aromatic rings. The molecule has 0 unspecified atom stereocenters. The highest BCUT2D eigenvalue weighted by atomic mass is 32.2. The largest absolute Gasteiger partial charge is 0.275 e. The Kier molecular flexibility index (Phi) is 3.06. The van der Waals surface area contributed by atoms with E-state index in [1.807, 2.05) is 0 Å². The molecule has 6 heteroatoms. The van der Waals surface area contributed by atoms with Gasteiger partial charge < -0.3 is 0 Å². The number of hydrogen-bond acceptors (Lipinski definition) is 4. The number of rotatable bonds is 3. The van der Waals surface area contributed by atoms with Crippen molar-refractivity contribution in [3.63, 3.8) is 0 Å². The summed E-state index contributed by atoms with van der Waals surface area (Å²) in [6, 6.07) is 7.90. The molecule has 0 saturated carbocycles. The quantitative estimate of drug-likeness (QED) is 0.814. The first-order valence-corrected chi connectivity index (χ1v) is 6.54. The fourth-order valence-corrected chi connectivity index (χ4v) is 2.57. The minimum Gasteiger partial charge on any atom is -0.275 e. The van der Waals surface area contributed by atoms with Crippen LogP contribution in [0.3, 0.4) is 0 Å². The fraction of sp³-hybridized carbons (Fsp3) is 0.0909. The SMILES string of the molecule is O=C(CS(=O)(=O)c1ccccc1)n1ccnc1. The predicted molar refractivity (Wildman–Crippen MR) is 61.3 cm³/mol. The molecule has 1 heterocycles. The molecule has 88 valence electrons. The van der Waals surface area contributed by atoms with Crippen LogP contribution in [0, 0.1) is 0 Å². The summed E-state index contributed by atoms with van der Waals surface area (Å²) in [5.74, 6) is -1.08. The summed E-state index contributed by atoms with van der Waals surface area (Å²) in [5.41, 5.74) is 0. The highest BCUT2D eigenvalue weighted by Crippen LogP contribution is 2.10. The summed E-state index contributed by atoms with van der Waals surface area (Å²) in [6.45, 7) is 0. The van der Waals surface area contributed by atoms with Crippen molar-refractivity contribution in [3.05, 3.63) is 49.1 Å². The summed E-state index contributed by atoms with van der Waals surface area (Å²) in [4.78, 5) is 15.5. The zero-order valence-corrected chi connectivity index (χ0v) is 9.67. The van der Waals surface area contributed by atoms with Crippen molar-refractivity contribution in [1.29, 1.82) is 0 Å². The molecule has 2 rings (SSSR count). The molecule has 0 radical (unpaired) electrons. The topological polar surface area (TPSA) is 69.0 Å². The van der Waals surface area contributed by atoms with Gasteiger partial charge >= 0.3 is 0 Å². The van der Waals surface area contributed by atoms with E-state index in [0.717, 1.165) is 4.57 Å². The van der Waals surface area contributed by atoms with Crippen LogP contribution in [-0.2, 0) is 9.84 Å². The second-order valence-corrected chi connectivity index (χ2v) is 5.43. The maximum atomic E-state index is 11.9. The van der Waals surface area contributed by atoms with Crippen molar-refractivity contribution in [3.8, 4) is 0 Å². The number of aromatic nitrogens is 2. The zero-order valence-electron chi connectivity index (χ0n) is 8.85. The monoisotopic (exact) mass is 250 g/mol. The van der Waals surface area contributed by atoms with Gasteiger partial charge in [0, 0.05) is 12.4 Å². The average Bonchev–Trinajstić information content (AvgIpc) is 2.83. The molecule has 0 aliphatic heterocycles. The average molecular weight is 250 g/mol. The molecule has 1 aromatic carbocycles.